The molecule has 1 saturated heterocycles. The van der Waals surface area contributed by atoms with Crippen molar-refractivity contribution in [3.63, 3.8) is 0 Å². The third-order valence-electron chi connectivity index (χ3n) is 6.31. The molecule has 35 heavy (non-hydrogen) atoms. The molecule has 2 aliphatic rings. The molecule has 184 valence electrons. The van der Waals surface area contributed by atoms with Crippen molar-refractivity contribution in [2.45, 2.75) is 24.0 Å². The van der Waals surface area contributed by atoms with Crippen LogP contribution in [0.3, 0.4) is 0 Å². The zero-order chi connectivity index (χ0) is 24.6. The zero-order valence-corrected chi connectivity index (χ0v) is 19.6. The summed E-state index contributed by atoms with van der Waals surface area (Å²) in [4.78, 5) is 14.8. The quantitative estimate of drug-likeness (QED) is 0.401. The van der Waals surface area contributed by atoms with Gasteiger partial charge in [0, 0.05) is 43.0 Å². The number of rotatable bonds is 6. The molecule has 0 saturated carbocycles. The number of fused-ring (bicyclic) bond motifs is 1. The van der Waals surface area contributed by atoms with Crippen molar-refractivity contribution >= 4 is 27.4 Å². The van der Waals surface area contributed by atoms with Gasteiger partial charge in [0.25, 0.3) is 5.91 Å². The topological polar surface area (TPSA) is 131 Å². The van der Waals surface area contributed by atoms with E-state index in [-0.39, 0.29) is 42.4 Å². The summed E-state index contributed by atoms with van der Waals surface area (Å²) in [7, 11) is -3.91. The van der Waals surface area contributed by atoms with Crippen molar-refractivity contribution in [2.75, 3.05) is 36.5 Å². The Balaban J connectivity index is 1.28. The molecule has 2 aliphatic heterocycles. The van der Waals surface area contributed by atoms with Gasteiger partial charge >= 0.3 is 0 Å². The van der Waals surface area contributed by atoms with Gasteiger partial charge in [-0.3, -0.25) is 9.89 Å². The van der Waals surface area contributed by atoms with Gasteiger partial charge < -0.3 is 20.6 Å². The number of aromatic nitrogens is 2. The number of H-pyrrole nitrogens is 1. The van der Waals surface area contributed by atoms with Crippen LogP contribution in [0, 0.1) is 5.82 Å². The number of hydrogen-bond acceptors (Lipinski definition) is 7. The van der Waals surface area contributed by atoms with E-state index in [2.05, 4.69) is 25.7 Å². The molecule has 0 bridgehead atoms. The van der Waals surface area contributed by atoms with E-state index in [9.17, 15) is 22.7 Å². The van der Waals surface area contributed by atoms with Gasteiger partial charge in [-0.25, -0.2) is 12.8 Å². The van der Waals surface area contributed by atoms with E-state index in [1.165, 1.54) is 22.5 Å². The average molecular weight is 501 g/mol. The molecule has 5 rings (SSSR count). The predicted molar refractivity (Wildman–Crippen MR) is 127 cm³/mol. The van der Waals surface area contributed by atoms with Gasteiger partial charge in [-0.05, 0) is 42.5 Å². The lowest BCUT2D eigenvalue weighted by Crippen LogP contribution is -2.53. The number of piperazine rings is 1. The highest BCUT2D eigenvalue weighted by atomic mass is 32.2. The van der Waals surface area contributed by atoms with Crippen LogP contribution >= 0.6 is 0 Å². The number of nitrogens with one attached hydrogen (secondary N) is 3. The lowest BCUT2D eigenvalue weighted by Gasteiger charge is -2.37. The van der Waals surface area contributed by atoms with Crippen LogP contribution in [0.2, 0.25) is 0 Å². The van der Waals surface area contributed by atoms with Crippen molar-refractivity contribution in [1.29, 1.82) is 0 Å². The Bertz CT molecular complexity index is 1340. The summed E-state index contributed by atoms with van der Waals surface area (Å²) in [6, 6.07) is 11.9. The number of anilines is 2. The fourth-order valence-electron chi connectivity index (χ4n) is 4.41. The van der Waals surface area contributed by atoms with E-state index >= 15 is 0 Å². The van der Waals surface area contributed by atoms with Gasteiger partial charge in [-0.2, -0.15) is 9.40 Å². The van der Waals surface area contributed by atoms with Gasteiger partial charge in [0.05, 0.1) is 29.8 Å². The number of carbonyl (C=O) groups excluding carboxylic acids is 1. The molecule has 0 spiro atoms. The smallest absolute Gasteiger partial charge is 0.256 e. The summed E-state index contributed by atoms with van der Waals surface area (Å²) in [6.07, 6.45) is 0. The normalized spacial score (nSPS) is 18.5. The molecule has 0 aliphatic carbocycles. The molecular weight excluding hydrogens is 475 g/mol. The molecule has 1 fully saturated rings. The molecule has 3 aromatic rings. The first-order valence-electron chi connectivity index (χ1n) is 11.2. The highest BCUT2D eigenvalue weighted by Gasteiger charge is 2.34. The van der Waals surface area contributed by atoms with Crippen LogP contribution in [-0.4, -0.2) is 66.2 Å². The minimum atomic E-state index is -3.91. The first-order valence-corrected chi connectivity index (χ1v) is 12.6. The van der Waals surface area contributed by atoms with Gasteiger partial charge in [-0.15, -0.1) is 0 Å². The van der Waals surface area contributed by atoms with Crippen molar-refractivity contribution < 1.29 is 22.7 Å². The van der Waals surface area contributed by atoms with E-state index in [4.69, 9.17) is 0 Å². The number of halogens is 1. The number of carbonyl (C=O) groups is 1. The Morgan fingerprint density at radius 1 is 1.20 bits per heavy atom. The number of sulfonamides is 1. The summed E-state index contributed by atoms with van der Waals surface area (Å²) in [5.41, 5.74) is 2.48. The van der Waals surface area contributed by atoms with E-state index in [1.807, 2.05) is 12.1 Å². The van der Waals surface area contributed by atoms with Crippen LogP contribution < -0.4 is 15.5 Å². The van der Waals surface area contributed by atoms with Crippen molar-refractivity contribution in [3.05, 3.63) is 71.2 Å². The lowest BCUT2D eigenvalue weighted by atomic mass is 10.1. The number of aliphatic hydroxyl groups excluding tert-OH is 1. The Morgan fingerprint density at radius 2 is 2.00 bits per heavy atom. The molecule has 10 nitrogen and oxygen atoms in total. The number of aromatic amines is 1. The molecule has 1 unspecified atom stereocenters. The average Bonchev–Trinajstić information content (AvgIpc) is 3.46. The molecule has 1 atom stereocenters. The standard InChI is InChI=1S/C23H25FN6O4S/c24-16-2-1-3-19(10-16)35(33,34)29-12-20-21(13-29)27-28-22(20)26-23(32)15-4-6-17(7-5-15)30-9-8-25-11-18(30)14-31/h1-7,10,18,25,31H,8-9,11-14H2,(H2,26,27,28,32). The maximum absolute atomic E-state index is 13.6. The van der Waals surface area contributed by atoms with Gasteiger partial charge in [0.1, 0.15) is 5.82 Å². The van der Waals surface area contributed by atoms with Crippen LogP contribution in [0.5, 0.6) is 0 Å². The second-order valence-electron chi connectivity index (χ2n) is 8.49. The fraction of sp³-hybridized carbons (Fsp3) is 0.304. The Kier molecular flexibility index (Phi) is 6.28. The van der Waals surface area contributed by atoms with E-state index in [0.29, 0.717) is 23.4 Å². The van der Waals surface area contributed by atoms with Crippen molar-refractivity contribution in [1.82, 2.24) is 19.8 Å². The van der Waals surface area contributed by atoms with Crippen LogP contribution in [0.25, 0.3) is 0 Å². The number of amides is 1. The van der Waals surface area contributed by atoms with Gasteiger partial charge in [0.2, 0.25) is 10.0 Å². The van der Waals surface area contributed by atoms with Crippen LogP contribution in [0.4, 0.5) is 15.9 Å². The SMILES string of the molecule is O=C(Nc1n[nH]c2c1CN(S(=O)(=O)c1cccc(F)c1)C2)c1ccc(N2CCNCC2CO)cc1. The minimum Gasteiger partial charge on any atom is -0.394 e. The van der Waals surface area contributed by atoms with Crippen LogP contribution in [-0.2, 0) is 23.1 Å². The largest absolute Gasteiger partial charge is 0.394 e. The summed E-state index contributed by atoms with van der Waals surface area (Å²) < 4.78 is 40.6. The predicted octanol–water partition coefficient (Wildman–Crippen LogP) is 1.28. The summed E-state index contributed by atoms with van der Waals surface area (Å²) in [6.45, 7) is 2.34. The first kappa shape index (κ1) is 23.4. The highest BCUT2D eigenvalue weighted by molar-refractivity contribution is 7.89. The summed E-state index contributed by atoms with van der Waals surface area (Å²) in [5, 5.41) is 22.5. The molecule has 0 radical (unpaired) electrons. The molecule has 3 heterocycles. The Labute approximate surface area is 201 Å². The second kappa shape index (κ2) is 9.38. The van der Waals surface area contributed by atoms with Crippen LogP contribution in [0.1, 0.15) is 21.6 Å². The van der Waals surface area contributed by atoms with E-state index < -0.39 is 15.8 Å². The monoisotopic (exact) mass is 500 g/mol. The van der Waals surface area contributed by atoms with Gasteiger partial charge in [0.15, 0.2) is 5.82 Å². The van der Waals surface area contributed by atoms with Crippen molar-refractivity contribution in [3.8, 4) is 0 Å². The number of aliphatic hydroxyl groups is 1. The maximum Gasteiger partial charge on any atom is 0.256 e. The number of nitrogens with zero attached hydrogens (tertiary/aromatic N) is 3. The number of hydrogen-bond donors (Lipinski definition) is 4. The third-order valence-corrected chi connectivity index (χ3v) is 8.10. The lowest BCUT2D eigenvalue weighted by molar-refractivity contribution is 0.102. The van der Waals surface area contributed by atoms with E-state index in [0.717, 1.165) is 24.8 Å². The Morgan fingerprint density at radius 3 is 2.74 bits per heavy atom. The molecule has 2 aromatic carbocycles. The molecule has 1 aromatic heterocycles. The van der Waals surface area contributed by atoms with Crippen molar-refractivity contribution in [2.24, 2.45) is 0 Å². The summed E-state index contributed by atoms with van der Waals surface area (Å²) in [5.74, 6) is -0.752. The molecule has 4 N–H and O–H groups in total. The first-order chi connectivity index (χ1) is 16.9. The Hall–Kier alpha value is -3.32. The van der Waals surface area contributed by atoms with Gasteiger partial charge in [-0.1, -0.05) is 6.07 Å². The second-order valence-corrected chi connectivity index (χ2v) is 10.4. The maximum atomic E-state index is 13.6. The number of benzene rings is 2. The molecular formula is C23H25FN6O4S. The van der Waals surface area contributed by atoms with E-state index in [1.54, 1.807) is 12.1 Å². The molecule has 12 heteroatoms. The highest BCUT2D eigenvalue weighted by Crippen LogP contribution is 2.32. The fourth-order valence-corrected chi connectivity index (χ4v) is 5.82. The third kappa shape index (κ3) is 4.52. The molecule has 1 amide bonds. The van der Waals surface area contributed by atoms with Crippen LogP contribution in [0.15, 0.2) is 53.4 Å². The zero-order valence-electron chi connectivity index (χ0n) is 18.7. The minimum absolute atomic E-state index is 0.00474. The summed E-state index contributed by atoms with van der Waals surface area (Å²) >= 11 is 0.